The van der Waals surface area contributed by atoms with Crippen molar-refractivity contribution in [2.24, 2.45) is 0 Å². The highest BCUT2D eigenvalue weighted by molar-refractivity contribution is 6.27. The lowest BCUT2D eigenvalue weighted by molar-refractivity contribution is 0.0607. The molecular weight excluding hydrogens is 454 g/mol. The van der Waals surface area contributed by atoms with Gasteiger partial charge in [-0.25, -0.2) is 0 Å². The summed E-state index contributed by atoms with van der Waals surface area (Å²) < 4.78 is 0. The minimum atomic E-state index is -0.367. The molecule has 2 aliphatic rings. The van der Waals surface area contributed by atoms with Crippen LogP contribution in [0.3, 0.4) is 0 Å². The molecule has 0 saturated carbocycles. The van der Waals surface area contributed by atoms with E-state index in [1.807, 2.05) is 43.3 Å². The van der Waals surface area contributed by atoms with E-state index in [0.29, 0.717) is 39.9 Å². The number of benzene rings is 4. The number of nitrogens with one attached hydrogen (secondary N) is 1. The highest BCUT2D eigenvalue weighted by atomic mass is 16.2. The van der Waals surface area contributed by atoms with Crippen LogP contribution in [0.1, 0.15) is 66.8 Å². The van der Waals surface area contributed by atoms with Gasteiger partial charge in [-0.3, -0.25) is 29.4 Å². The van der Waals surface area contributed by atoms with E-state index in [0.717, 1.165) is 34.6 Å². The van der Waals surface area contributed by atoms with Gasteiger partial charge in [-0.1, -0.05) is 43.7 Å². The average Bonchev–Trinajstić information content (AvgIpc) is 2.88. The SMILES string of the molecule is CCCCN1C(=O)c2cccc3c(C)ccc(c23)C1=O.Nc1ccc2c3c(cccc13)C(=O)NC2=O. The van der Waals surface area contributed by atoms with Crippen molar-refractivity contribution in [3.63, 3.8) is 0 Å². The molecule has 0 aliphatic carbocycles. The van der Waals surface area contributed by atoms with Crippen molar-refractivity contribution in [3.05, 3.63) is 88.5 Å². The Balaban J connectivity index is 0.000000152. The number of unbranched alkanes of at least 4 members (excludes halogenated alkanes) is 1. The standard InChI is InChI=1S/C17H17NO2.C12H8N2O2/c1-3-4-10-18-16(19)13-7-5-6-12-11(2)8-9-14(15(12)13)17(18)20;13-9-5-4-8-10-6(9)2-1-3-7(10)11(15)14-12(8)16/h5-9H,3-4,10H2,1-2H3;1-5H,13H2,(H,14,15,16). The van der Waals surface area contributed by atoms with Gasteiger partial charge in [-0.2, -0.15) is 0 Å². The second-order valence-electron chi connectivity index (χ2n) is 8.99. The molecule has 0 saturated heterocycles. The Bertz CT molecular complexity index is 1560. The number of hydrogen-bond acceptors (Lipinski definition) is 5. The van der Waals surface area contributed by atoms with Gasteiger partial charge >= 0.3 is 0 Å². The van der Waals surface area contributed by atoms with E-state index in [1.165, 1.54) is 4.90 Å². The van der Waals surface area contributed by atoms with Gasteiger partial charge in [0.15, 0.2) is 0 Å². The zero-order valence-corrected chi connectivity index (χ0v) is 20.1. The predicted octanol–water partition coefficient (Wildman–Crippen LogP) is 4.85. The van der Waals surface area contributed by atoms with Gasteiger partial charge in [0.25, 0.3) is 23.6 Å². The third kappa shape index (κ3) is 3.60. The summed E-state index contributed by atoms with van der Waals surface area (Å²) in [6.07, 6.45) is 1.80. The molecule has 180 valence electrons. The summed E-state index contributed by atoms with van der Waals surface area (Å²) in [5.74, 6) is -1.05. The Kier molecular flexibility index (Phi) is 5.76. The lowest BCUT2D eigenvalue weighted by Gasteiger charge is -2.27. The molecule has 7 heteroatoms. The lowest BCUT2D eigenvalue weighted by Crippen LogP contribution is -2.40. The number of carbonyl (C=O) groups excluding carboxylic acids is 4. The molecule has 7 nitrogen and oxygen atoms in total. The normalized spacial score (nSPS) is 14.1. The molecule has 0 atom stereocenters. The zero-order chi connectivity index (χ0) is 25.6. The van der Waals surface area contributed by atoms with Crippen LogP contribution in [0.5, 0.6) is 0 Å². The molecule has 2 heterocycles. The lowest BCUT2D eigenvalue weighted by atomic mass is 9.91. The van der Waals surface area contributed by atoms with E-state index >= 15 is 0 Å². The molecular formula is C29H25N3O4. The zero-order valence-electron chi connectivity index (χ0n) is 20.1. The summed E-state index contributed by atoms with van der Waals surface area (Å²) in [6, 6.07) is 18.0. The Morgan fingerprint density at radius 1 is 0.722 bits per heavy atom. The molecule has 0 bridgehead atoms. The summed E-state index contributed by atoms with van der Waals surface area (Å²) in [6.45, 7) is 4.55. The molecule has 3 N–H and O–H groups in total. The van der Waals surface area contributed by atoms with Gasteiger partial charge in [0.1, 0.15) is 0 Å². The number of amides is 4. The van der Waals surface area contributed by atoms with Crippen molar-refractivity contribution >= 4 is 50.9 Å². The fourth-order valence-electron chi connectivity index (χ4n) is 4.86. The summed E-state index contributed by atoms with van der Waals surface area (Å²) in [4.78, 5) is 49.7. The fraction of sp³-hybridized carbons (Fsp3) is 0.172. The highest BCUT2D eigenvalue weighted by Crippen LogP contribution is 2.32. The number of hydrogen-bond donors (Lipinski definition) is 2. The maximum Gasteiger partial charge on any atom is 0.261 e. The molecule has 6 rings (SSSR count). The Morgan fingerprint density at radius 3 is 1.97 bits per heavy atom. The number of carbonyl (C=O) groups is 4. The summed E-state index contributed by atoms with van der Waals surface area (Å²) in [5.41, 5.74) is 9.78. The second-order valence-corrected chi connectivity index (χ2v) is 8.99. The van der Waals surface area contributed by atoms with Crippen molar-refractivity contribution in [2.45, 2.75) is 26.7 Å². The van der Waals surface area contributed by atoms with Crippen molar-refractivity contribution in [1.82, 2.24) is 10.2 Å². The molecule has 0 aromatic heterocycles. The molecule has 4 aromatic rings. The summed E-state index contributed by atoms with van der Waals surface area (Å²) in [5, 5.41) is 5.51. The topological polar surface area (TPSA) is 110 Å². The van der Waals surface area contributed by atoms with Gasteiger partial charge in [0.2, 0.25) is 0 Å². The van der Waals surface area contributed by atoms with E-state index in [1.54, 1.807) is 24.3 Å². The molecule has 0 fully saturated rings. The molecule has 0 radical (unpaired) electrons. The largest absolute Gasteiger partial charge is 0.398 e. The molecule has 2 aliphatic heterocycles. The van der Waals surface area contributed by atoms with Crippen molar-refractivity contribution in [1.29, 1.82) is 0 Å². The number of nitrogens with two attached hydrogens (primary N) is 1. The van der Waals surface area contributed by atoms with Gasteiger partial charge < -0.3 is 5.73 Å². The van der Waals surface area contributed by atoms with E-state index in [9.17, 15) is 19.2 Å². The number of aryl methyl sites for hydroxylation is 1. The Hall–Kier alpha value is -4.52. The number of rotatable bonds is 3. The summed E-state index contributed by atoms with van der Waals surface area (Å²) in [7, 11) is 0. The van der Waals surface area contributed by atoms with Gasteiger partial charge in [-0.15, -0.1) is 0 Å². The number of imide groups is 2. The Labute approximate surface area is 207 Å². The first-order chi connectivity index (χ1) is 17.3. The minimum Gasteiger partial charge on any atom is -0.398 e. The first-order valence-corrected chi connectivity index (χ1v) is 11.9. The average molecular weight is 480 g/mol. The highest BCUT2D eigenvalue weighted by Gasteiger charge is 2.32. The van der Waals surface area contributed by atoms with Crippen LogP contribution >= 0.6 is 0 Å². The third-order valence-corrected chi connectivity index (χ3v) is 6.74. The van der Waals surface area contributed by atoms with E-state index in [2.05, 4.69) is 12.2 Å². The molecule has 4 amide bonds. The van der Waals surface area contributed by atoms with Gasteiger partial charge in [0, 0.05) is 50.6 Å². The van der Waals surface area contributed by atoms with Crippen LogP contribution in [-0.4, -0.2) is 35.1 Å². The predicted molar refractivity (Wildman–Crippen MR) is 139 cm³/mol. The maximum absolute atomic E-state index is 12.5. The molecule has 0 unspecified atom stereocenters. The molecule has 36 heavy (non-hydrogen) atoms. The Morgan fingerprint density at radius 2 is 1.28 bits per heavy atom. The van der Waals surface area contributed by atoms with E-state index in [4.69, 9.17) is 5.73 Å². The van der Waals surface area contributed by atoms with Crippen LogP contribution < -0.4 is 11.1 Å². The van der Waals surface area contributed by atoms with E-state index in [-0.39, 0.29) is 23.6 Å². The number of nitrogens with zero attached hydrogens (tertiary/aromatic N) is 1. The first-order valence-electron chi connectivity index (χ1n) is 11.9. The van der Waals surface area contributed by atoms with Crippen molar-refractivity contribution < 1.29 is 19.2 Å². The number of anilines is 1. The number of nitrogen functional groups attached to an aromatic ring is 1. The first kappa shape index (κ1) is 23.2. The van der Waals surface area contributed by atoms with Crippen molar-refractivity contribution in [3.8, 4) is 0 Å². The second kappa shape index (κ2) is 8.92. The molecule has 4 aromatic carbocycles. The van der Waals surface area contributed by atoms with Crippen LogP contribution in [0.4, 0.5) is 5.69 Å². The van der Waals surface area contributed by atoms with Crippen molar-refractivity contribution in [2.75, 3.05) is 12.3 Å². The summed E-state index contributed by atoms with van der Waals surface area (Å²) >= 11 is 0. The van der Waals surface area contributed by atoms with E-state index < -0.39 is 0 Å². The third-order valence-electron chi connectivity index (χ3n) is 6.74. The van der Waals surface area contributed by atoms with Crippen LogP contribution in [0.15, 0.2) is 60.7 Å². The minimum absolute atomic E-state index is 0.160. The smallest absolute Gasteiger partial charge is 0.261 e. The van der Waals surface area contributed by atoms with Crippen LogP contribution in [-0.2, 0) is 0 Å². The van der Waals surface area contributed by atoms with Gasteiger partial charge in [-0.05, 0) is 54.6 Å². The quantitative estimate of drug-likeness (QED) is 0.322. The fourth-order valence-corrected chi connectivity index (χ4v) is 4.86. The van der Waals surface area contributed by atoms with Crippen LogP contribution in [0.2, 0.25) is 0 Å². The maximum atomic E-state index is 12.5. The van der Waals surface area contributed by atoms with Crippen LogP contribution in [0, 0.1) is 6.92 Å². The van der Waals surface area contributed by atoms with Crippen LogP contribution in [0.25, 0.3) is 21.5 Å². The van der Waals surface area contributed by atoms with Gasteiger partial charge in [0.05, 0.1) is 0 Å². The molecule has 0 spiro atoms. The monoisotopic (exact) mass is 479 g/mol.